The molecule has 2 unspecified atom stereocenters. The average molecular weight is 314 g/mol. The van der Waals surface area contributed by atoms with E-state index in [9.17, 15) is 4.79 Å². The second-order valence-corrected chi connectivity index (χ2v) is 7.39. The first-order chi connectivity index (χ1) is 10.2. The molecule has 0 radical (unpaired) electrons. The first kappa shape index (κ1) is 19.2. The van der Waals surface area contributed by atoms with Crippen molar-refractivity contribution in [3.8, 4) is 0 Å². The molecule has 130 valence electrons. The molecule has 0 aromatic carbocycles. The molecule has 5 nitrogen and oxygen atoms in total. The largest absolute Gasteiger partial charge is 0.444 e. The van der Waals surface area contributed by atoms with E-state index in [1.165, 1.54) is 0 Å². The Balaban J connectivity index is 2.46. The lowest BCUT2D eigenvalue weighted by molar-refractivity contribution is 0.0428. The molecule has 22 heavy (non-hydrogen) atoms. The van der Waals surface area contributed by atoms with Crippen LogP contribution in [-0.2, 0) is 9.47 Å². The first-order valence-corrected chi connectivity index (χ1v) is 8.57. The Kier molecular flexibility index (Phi) is 7.13. The van der Waals surface area contributed by atoms with Crippen molar-refractivity contribution in [1.82, 2.24) is 10.6 Å². The van der Waals surface area contributed by atoms with Crippen molar-refractivity contribution in [3.63, 3.8) is 0 Å². The Hall–Kier alpha value is -0.810. The molecular formula is C17H34N2O3. The summed E-state index contributed by atoms with van der Waals surface area (Å²) in [6.45, 7) is 13.5. The van der Waals surface area contributed by atoms with Crippen LogP contribution >= 0.6 is 0 Å². The zero-order valence-electron chi connectivity index (χ0n) is 15.1. The van der Waals surface area contributed by atoms with E-state index in [1.807, 2.05) is 20.8 Å². The molecule has 1 aliphatic rings. The lowest BCUT2D eigenvalue weighted by atomic mass is 9.92. The standard InChI is InChI=1S/C17H34N2O3/c1-7-17(8-2,19-15(20)22-16(4,5)6)12-18-11-14-10-9-13(3)21-14/h13-14,18H,7-12H2,1-6H3,(H,19,20). The Morgan fingerprint density at radius 2 is 1.86 bits per heavy atom. The normalized spacial score (nSPS) is 22.6. The number of carbonyl (C=O) groups is 1. The van der Waals surface area contributed by atoms with Gasteiger partial charge in [-0.25, -0.2) is 4.79 Å². The second-order valence-electron chi connectivity index (χ2n) is 7.39. The summed E-state index contributed by atoms with van der Waals surface area (Å²) in [4.78, 5) is 12.1. The molecule has 0 saturated carbocycles. The Morgan fingerprint density at radius 3 is 2.32 bits per heavy atom. The third kappa shape index (κ3) is 6.53. The third-order valence-corrected chi connectivity index (χ3v) is 4.27. The maximum atomic E-state index is 12.1. The smallest absolute Gasteiger partial charge is 0.408 e. The van der Waals surface area contributed by atoms with Crippen LogP contribution in [0, 0.1) is 0 Å². The van der Waals surface area contributed by atoms with Crippen LogP contribution in [0.15, 0.2) is 0 Å². The lowest BCUT2D eigenvalue weighted by Crippen LogP contribution is -2.55. The average Bonchev–Trinajstić information content (AvgIpc) is 2.81. The third-order valence-electron chi connectivity index (χ3n) is 4.27. The molecule has 1 heterocycles. The van der Waals surface area contributed by atoms with Gasteiger partial charge in [0.25, 0.3) is 0 Å². The number of amides is 1. The number of alkyl carbamates (subject to hydrolysis) is 1. The van der Waals surface area contributed by atoms with E-state index in [1.54, 1.807) is 0 Å². The molecule has 1 fully saturated rings. The zero-order chi connectivity index (χ0) is 16.8. The van der Waals surface area contributed by atoms with Crippen molar-refractivity contribution in [2.24, 2.45) is 0 Å². The van der Waals surface area contributed by atoms with E-state index in [-0.39, 0.29) is 11.6 Å². The van der Waals surface area contributed by atoms with Crippen LogP contribution in [0.25, 0.3) is 0 Å². The van der Waals surface area contributed by atoms with Gasteiger partial charge in [-0.1, -0.05) is 13.8 Å². The molecule has 1 saturated heterocycles. The molecule has 1 rings (SSSR count). The summed E-state index contributed by atoms with van der Waals surface area (Å²) >= 11 is 0. The minimum atomic E-state index is -0.474. The van der Waals surface area contributed by atoms with Crippen molar-refractivity contribution in [2.45, 2.75) is 90.6 Å². The molecule has 2 atom stereocenters. The lowest BCUT2D eigenvalue weighted by Gasteiger charge is -2.34. The van der Waals surface area contributed by atoms with E-state index < -0.39 is 5.60 Å². The van der Waals surface area contributed by atoms with Crippen LogP contribution in [0.2, 0.25) is 0 Å². The van der Waals surface area contributed by atoms with Crippen molar-refractivity contribution in [3.05, 3.63) is 0 Å². The molecule has 5 heteroatoms. The van der Waals surface area contributed by atoms with Crippen molar-refractivity contribution in [2.75, 3.05) is 13.1 Å². The summed E-state index contributed by atoms with van der Waals surface area (Å²) in [6, 6.07) is 0. The summed E-state index contributed by atoms with van der Waals surface area (Å²) in [6.07, 6.45) is 4.28. The van der Waals surface area contributed by atoms with Crippen LogP contribution in [0.3, 0.4) is 0 Å². The quantitative estimate of drug-likeness (QED) is 0.757. The minimum Gasteiger partial charge on any atom is -0.444 e. The highest BCUT2D eigenvalue weighted by molar-refractivity contribution is 5.68. The number of carbonyl (C=O) groups excluding carboxylic acids is 1. The van der Waals surface area contributed by atoms with Gasteiger partial charge in [0.2, 0.25) is 0 Å². The van der Waals surface area contributed by atoms with E-state index >= 15 is 0 Å². The number of rotatable bonds is 7. The fourth-order valence-electron chi connectivity index (χ4n) is 2.75. The van der Waals surface area contributed by atoms with Gasteiger partial charge in [-0.05, 0) is 53.4 Å². The Labute approximate surface area is 135 Å². The van der Waals surface area contributed by atoms with Gasteiger partial charge in [-0.2, -0.15) is 0 Å². The molecule has 0 aromatic heterocycles. The van der Waals surface area contributed by atoms with Gasteiger partial charge in [-0.3, -0.25) is 0 Å². The number of hydrogen-bond donors (Lipinski definition) is 2. The van der Waals surface area contributed by atoms with Crippen LogP contribution < -0.4 is 10.6 Å². The van der Waals surface area contributed by atoms with Crippen LogP contribution in [-0.4, -0.2) is 42.5 Å². The molecule has 0 bridgehead atoms. The molecule has 0 aliphatic carbocycles. The van der Waals surface area contributed by atoms with Gasteiger partial charge >= 0.3 is 6.09 Å². The highest BCUT2D eigenvalue weighted by Gasteiger charge is 2.31. The Bertz CT molecular complexity index is 348. The summed E-state index contributed by atoms with van der Waals surface area (Å²) in [5.74, 6) is 0. The molecule has 1 amide bonds. The zero-order valence-corrected chi connectivity index (χ0v) is 15.1. The van der Waals surface area contributed by atoms with Crippen LogP contribution in [0.5, 0.6) is 0 Å². The second kappa shape index (κ2) is 8.16. The summed E-state index contributed by atoms with van der Waals surface area (Å²) in [7, 11) is 0. The number of ether oxygens (including phenoxy) is 2. The summed E-state index contributed by atoms with van der Waals surface area (Å²) in [5, 5.41) is 6.52. The van der Waals surface area contributed by atoms with Crippen LogP contribution in [0.4, 0.5) is 4.79 Å². The SMILES string of the molecule is CCC(CC)(CNCC1CCC(C)O1)NC(=O)OC(C)(C)C. The van der Waals surface area contributed by atoms with Gasteiger partial charge < -0.3 is 20.1 Å². The fourth-order valence-corrected chi connectivity index (χ4v) is 2.75. The fraction of sp³-hybridized carbons (Fsp3) is 0.941. The highest BCUT2D eigenvalue weighted by atomic mass is 16.6. The van der Waals surface area contributed by atoms with Gasteiger partial charge in [0.15, 0.2) is 0 Å². The predicted octanol–water partition coefficient (Wildman–Crippen LogP) is 3.23. The van der Waals surface area contributed by atoms with Crippen molar-refractivity contribution < 1.29 is 14.3 Å². The maximum absolute atomic E-state index is 12.1. The molecular weight excluding hydrogens is 280 g/mol. The van der Waals surface area contributed by atoms with E-state index in [0.29, 0.717) is 12.2 Å². The summed E-state index contributed by atoms with van der Waals surface area (Å²) in [5.41, 5.74) is -0.745. The van der Waals surface area contributed by atoms with Gasteiger partial charge in [0.05, 0.1) is 17.7 Å². The van der Waals surface area contributed by atoms with Crippen LogP contribution in [0.1, 0.15) is 67.2 Å². The monoisotopic (exact) mass is 314 g/mol. The first-order valence-electron chi connectivity index (χ1n) is 8.57. The van der Waals surface area contributed by atoms with Gasteiger partial charge in [0, 0.05) is 13.1 Å². The molecule has 2 N–H and O–H groups in total. The Morgan fingerprint density at radius 1 is 1.23 bits per heavy atom. The number of hydrogen-bond acceptors (Lipinski definition) is 4. The van der Waals surface area contributed by atoms with Crippen molar-refractivity contribution in [1.29, 1.82) is 0 Å². The maximum Gasteiger partial charge on any atom is 0.408 e. The molecule has 0 aromatic rings. The minimum absolute atomic E-state index is 0.271. The van der Waals surface area contributed by atoms with Gasteiger partial charge in [0.1, 0.15) is 5.60 Å². The molecule has 0 spiro atoms. The van der Waals surface area contributed by atoms with Crippen molar-refractivity contribution >= 4 is 6.09 Å². The van der Waals surface area contributed by atoms with E-state index in [2.05, 4.69) is 31.4 Å². The van der Waals surface area contributed by atoms with E-state index in [0.717, 1.165) is 38.8 Å². The number of nitrogens with one attached hydrogen (secondary N) is 2. The van der Waals surface area contributed by atoms with Gasteiger partial charge in [-0.15, -0.1) is 0 Å². The highest BCUT2D eigenvalue weighted by Crippen LogP contribution is 2.19. The molecule has 1 aliphatic heterocycles. The summed E-state index contributed by atoms with van der Waals surface area (Å²) < 4.78 is 11.2. The predicted molar refractivity (Wildman–Crippen MR) is 89.1 cm³/mol. The topological polar surface area (TPSA) is 59.6 Å². The van der Waals surface area contributed by atoms with E-state index in [4.69, 9.17) is 9.47 Å².